The number of halogens is 3. The van der Waals surface area contributed by atoms with Gasteiger partial charge in [0, 0.05) is 0 Å². The molecule has 0 saturated heterocycles. The van der Waals surface area contributed by atoms with Crippen LogP contribution in [0, 0.1) is 6.92 Å². The zero-order chi connectivity index (χ0) is 13.9. The zero-order valence-corrected chi connectivity index (χ0v) is 9.84. The average molecular weight is 263 g/mol. The Labute approximate surface area is 101 Å². The molecule has 0 aromatic carbocycles. The minimum Gasteiger partial charge on any atom is -0.462 e. The molecule has 0 aliphatic heterocycles. The van der Waals surface area contributed by atoms with Crippen LogP contribution in [0.2, 0.25) is 0 Å². The molecule has 0 bridgehead atoms. The standard InChI is InChI=1S/C10H12F3N3O2/c1-3-18-9(17)7-5(2)15-6(16-8(7)14)4-10(11,12)13/h3-4H2,1-2H3,(H2,14,15,16). The number of aromatic nitrogens is 2. The molecule has 1 rings (SSSR count). The maximum Gasteiger partial charge on any atom is 0.396 e. The maximum atomic E-state index is 12.2. The van der Waals surface area contributed by atoms with E-state index in [1.807, 2.05) is 0 Å². The Morgan fingerprint density at radius 3 is 2.44 bits per heavy atom. The molecule has 0 amide bonds. The second-order valence-corrected chi connectivity index (χ2v) is 3.50. The lowest BCUT2D eigenvalue weighted by Crippen LogP contribution is -2.19. The number of aryl methyl sites for hydroxylation is 1. The number of carbonyl (C=O) groups is 1. The van der Waals surface area contributed by atoms with Gasteiger partial charge in [-0.15, -0.1) is 0 Å². The fraction of sp³-hybridized carbons (Fsp3) is 0.500. The summed E-state index contributed by atoms with van der Waals surface area (Å²) in [5.74, 6) is -1.52. The lowest BCUT2D eigenvalue weighted by Gasteiger charge is -2.10. The summed E-state index contributed by atoms with van der Waals surface area (Å²) in [6.07, 6.45) is -5.72. The zero-order valence-electron chi connectivity index (χ0n) is 9.84. The highest BCUT2D eigenvalue weighted by atomic mass is 19.4. The highest BCUT2D eigenvalue weighted by Crippen LogP contribution is 2.21. The molecule has 5 nitrogen and oxygen atoms in total. The molecule has 0 spiro atoms. The van der Waals surface area contributed by atoms with E-state index < -0.39 is 24.4 Å². The molecule has 2 N–H and O–H groups in total. The number of ether oxygens (including phenoxy) is 1. The van der Waals surface area contributed by atoms with Crippen molar-refractivity contribution in [2.24, 2.45) is 0 Å². The summed E-state index contributed by atoms with van der Waals surface area (Å²) >= 11 is 0. The number of anilines is 1. The van der Waals surface area contributed by atoms with Crippen molar-refractivity contribution < 1.29 is 22.7 Å². The van der Waals surface area contributed by atoms with Gasteiger partial charge in [-0.25, -0.2) is 14.8 Å². The van der Waals surface area contributed by atoms with E-state index in [1.54, 1.807) is 6.92 Å². The Balaban J connectivity index is 3.09. The number of hydrogen-bond acceptors (Lipinski definition) is 5. The molecule has 18 heavy (non-hydrogen) atoms. The third-order valence-electron chi connectivity index (χ3n) is 2.00. The third kappa shape index (κ3) is 3.57. The summed E-state index contributed by atoms with van der Waals surface area (Å²) < 4.78 is 41.2. The minimum atomic E-state index is -4.43. The van der Waals surface area contributed by atoms with Gasteiger partial charge in [0.15, 0.2) is 0 Å². The van der Waals surface area contributed by atoms with Gasteiger partial charge in [-0.2, -0.15) is 13.2 Å². The van der Waals surface area contributed by atoms with Gasteiger partial charge in [0.2, 0.25) is 0 Å². The Bertz CT molecular complexity index is 437. The van der Waals surface area contributed by atoms with Gasteiger partial charge in [-0.3, -0.25) is 0 Å². The summed E-state index contributed by atoms with van der Waals surface area (Å²) in [6.45, 7) is 3.11. The van der Waals surface area contributed by atoms with Crippen molar-refractivity contribution in [3.05, 3.63) is 17.1 Å². The van der Waals surface area contributed by atoms with E-state index in [0.717, 1.165) is 0 Å². The van der Waals surface area contributed by atoms with Gasteiger partial charge in [-0.05, 0) is 13.8 Å². The number of nitrogens with two attached hydrogens (primary N) is 1. The van der Waals surface area contributed by atoms with Crippen LogP contribution in [0.1, 0.15) is 28.8 Å². The quantitative estimate of drug-likeness (QED) is 0.839. The molecule has 1 heterocycles. The lowest BCUT2D eigenvalue weighted by atomic mass is 10.2. The number of carbonyl (C=O) groups excluding carboxylic acids is 1. The van der Waals surface area contributed by atoms with Crippen molar-refractivity contribution >= 4 is 11.8 Å². The van der Waals surface area contributed by atoms with Crippen LogP contribution in [0.3, 0.4) is 0 Å². The number of esters is 1. The predicted octanol–water partition coefficient (Wildman–Crippen LogP) is 1.65. The van der Waals surface area contributed by atoms with Gasteiger partial charge >= 0.3 is 12.1 Å². The summed E-state index contributed by atoms with van der Waals surface area (Å²) in [5, 5.41) is 0. The number of rotatable bonds is 3. The van der Waals surface area contributed by atoms with Crippen LogP contribution < -0.4 is 5.73 Å². The van der Waals surface area contributed by atoms with Crippen molar-refractivity contribution in [1.82, 2.24) is 9.97 Å². The monoisotopic (exact) mass is 263 g/mol. The maximum absolute atomic E-state index is 12.2. The highest BCUT2D eigenvalue weighted by molar-refractivity contribution is 5.95. The Morgan fingerprint density at radius 1 is 1.39 bits per heavy atom. The van der Waals surface area contributed by atoms with E-state index in [1.165, 1.54) is 6.92 Å². The number of hydrogen-bond donors (Lipinski definition) is 1. The highest BCUT2D eigenvalue weighted by Gasteiger charge is 2.30. The van der Waals surface area contributed by atoms with E-state index in [-0.39, 0.29) is 23.7 Å². The molecule has 0 radical (unpaired) electrons. The number of nitrogens with zero attached hydrogens (tertiary/aromatic N) is 2. The first-order chi connectivity index (χ1) is 8.24. The van der Waals surface area contributed by atoms with Crippen LogP contribution in [0.4, 0.5) is 19.0 Å². The summed E-state index contributed by atoms with van der Waals surface area (Å²) in [7, 11) is 0. The Hall–Kier alpha value is -1.86. The van der Waals surface area contributed by atoms with Gasteiger partial charge in [0.25, 0.3) is 0 Å². The van der Waals surface area contributed by atoms with Crippen LogP contribution >= 0.6 is 0 Å². The summed E-state index contributed by atoms with van der Waals surface area (Å²) in [4.78, 5) is 18.6. The van der Waals surface area contributed by atoms with Crippen molar-refractivity contribution in [2.45, 2.75) is 26.4 Å². The second-order valence-electron chi connectivity index (χ2n) is 3.50. The van der Waals surface area contributed by atoms with Crippen LogP contribution in [0.25, 0.3) is 0 Å². The van der Waals surface area contributed by atoms with E-state index in [0.29, 0.717) is 0 Å². The molecule has 0 unspecified atom stereocenters. The minimum absolute atomic E-state index is 0.0696. The molecule has 0 fully saturated rings. The van der Waals surface area contributed by atoms with Crippen molar-refractivity contribution in [1.29, 1.82) is 0 Å². The van der Waals surface area contributed by atoms with Gasteiger partial charge in [0.1, 0.15) is 23.6 Å². The molecule has 0 aliphatic carbocycles. The topological polar surface area (TPSA) is 78.1 Å². The molecule has 8 heteroatoms. The largest absolute Gasteiger partial charge is 0.462 e. The van der Waals surface area contributed by atoms with E-state index in [9.17, 15) is 18.0 Å². The van der Waals surface area contributed by atoms with Crippen LogP contribution in [0.15, 0.2) is 0 Å². The van der Waals surface area contributed by atoms with Crippen molar-refractivity contribution in [2.75, 3.05) is 12.3 Å². The first-order valence-corrected chi connectivity index (χ1v) is 5.11. The van der Waals surface area contributed by atoms with E-state index >= 15 is 0 Å². The van der Waals surface area contributed by atoms with Crippen molar-refractivity contribution in [3.8, 4) is 0 Å². The van der Waals surface area contributed by atoms with E-state index in [4.69, 9.17) is 10.5 Å². The molecule has 100 valence electrons. The fourth-order valence-electron chi connectivity index (χ4n) is 1.37. The average Bonchev–Trinajstić information content (AvgIpc) is 2.13. The fourth-order valence-corrected chi connectivity index (χ4v) is 1.37. The molecule has 1 aromatic rings. The molecular formula is C10H12F3N3O2. The van der Waals surface area contributed by atoms with Gasteiger partial charge in [-0.1, -0.05) is 0 Å². The molecule has 0 atom stereocenters. The van der Waals surface area contributed by atoms with Gasteiger partial charge in [0.05, 0.1) is 12.3 Å². The normalized spacial score (nSPS) is 11.4. The first-order valence-electron chi connectivity index (χ1n) is 5.11. The van der Waals surface area contributed by atoms with E-state index in [2.05, 4.69) is 9.97 Å². The van der Waals surface area contributed by atoms with Crippen LogP contribution in [-0.4, -0.2) is 28.7 Å². The molecule has 0 saturated carbocycles. The molecule has 0 aliphatic rings. The summed E-state index contributed by atoms with van der Waals surface area (Å²) in [5.41, 5.74) is 5.43. The SMILES string of the molecule is CCOC(=O)c1c(C)nc(CC(F)(F)F)nc1N. The summed E-state index contributed by atoms with van der Waals surface area (Å²) in [6, 6.07) is 0. The lowest BCUT2D eigenvalue weighted by molar-refractivity contribution is -0.128. The Morgan fingerprint density at radius 2 is 2.00 bits per heavy atom. The number of nitrogen functional groups attached to an aromatic ring is 1. The molecule has 1 aromatic heterocycles. The van der Waals surface area contributed by atoms with Gasteiger partial charge < -0.3 is 10.5 Å². The smallest absolute Gasteiger partial charge is 0.396 e. The first kappa shape index (κ1) is 14.2. The van der Waals surface area contributed by atoms with Crippen molar-refractivity contribution in [3.63, 3.8) is 0 Å². The second kappa shape index (κ2) is 5.19. The van der Waals surface area contributed by atoms with Crippen LogP contribution in [0.5, 0.6) is 0 Å². The third-order valence-corrected chi connectivity index (χ3v) is 2.00. The predicted molar refractivity (Wildman–Crippen MR) is 56.9 cm³/mol. The van der Waals surface area contributed by atoms with Crippen LogP contribution in [-0.2, 0) is 11.2 Å². The molecular weight excluding hydrogens is 251 g/mol. The number of alkyl halides is 3. The Kier molecular flexibility index (Phi) is 4.10.